The van der Waals surface area contributed by atoms with E-state index < -0.39 is 5.97 Å². The van der Waals surface area contributed by atoms with Gasteiger partial charge in [0.15, 0.2) is 0 Å². The van der Waals surface area contributed by atoms with Gasteiger partial charge < -0.3 is 15.5 Å². The second-order valence-electron chi connectivity index (χ2n) is 4.47. The molecule has 0 radical (unpaired) electrons. The average molecular weight is 266 g/mol. The van der Waals surface area contributed by atoms with Crippen molar-refractivity contribution in [3.8, 4) is 17.0 Å². The van der Waals surface area contributed by atoms with Crippen LogP contribution in [0.5, 0.6) is 5.75 Å². The standard InChI is InChI=1S/C16H14N2O2/c17-10-16(19)20-13-7-5-11(6-8-13)15-9-12-3-1-2-4-14(12)18-15/h1-9,18H,10,17H2. The Kier molecular flexibility index (Phi) is 3.23. The predicted molar refractivity (Wildman–Crippen MR) is 78.4 cm³/mol. The molecular weight excluding hydrogens is 252 g/mol. The summed E-state index contributed by atoms with van der Waals surface area (Å²) in [6.45, 7) is -0.121. The van der Waals surface area contributed by atoms with Gasteiger partial charge in [-0.3, -0.25) is 4.79 Å². The molecule has 3 rings (SSSR count). The van der Waals surface area contributed by atoms with Crippen molar-refractivity contribution in [3.63, 3.8) is 0 Å². The molecule has 0 aliphatic carbocycles. The molecule has 1 aromatic heterocycles. The molecule has 0 fully saturated rings. The number of nitrogens with two attached hydrogens (primary N) is 1. The summed E-state index contributed by atoms with van der Waals surface area (Å²) >= 11 is 0. The number of rotatable bonds is 3. The lowest BCUT2D eigenvalue weighted by Gasteiger charge is -2.03. The molecule has 20 heavy (non-hydrogen) atoms. The molecule has 3 N–H and O–H groups in total. The van der Waals surface area contributed by atoms with Gasteiger partial charge >= 0.3 is 5.97 Å². The van der Waals surface area contributed by atoms with Gasteiger partial charge in [-0.05, 0) is 42.0 Å². The molecule has 0 atom stereocenters. The Morgan fingerprint density at radius 2 is 1.85 bits per heavy atom. The first-order valence-electron chi connectivity index (χ1n) is 6.35. The SMILES string of the molecule is NCC(=O)Oc1ccc(-c2cc3ccccc3[nH]2)cc1. The second-order valence-corrected chi connectivity index (χ2v) is 4.47. The summed E-state index contributed by atoms with van der Waals surface area (Å²) in [6, 6.07) is 17.5. The van der Waals surface area contributed by atoms with E-state index in [1.165, 1.54) is 5.39 Å². The number of esters is 1. The number of ether oxygens (including phenoxy) is 1. The van der Waals surface area contributed by atoms with Gasteiger partial charge in [0.2, 0.25) is 0 Å². The van der Waals surface area contributed by atoms with Gasteiger partial charge in [0.1, 0.15) is 5.75 Å². The number of aromatic amines is 1. The molecule has 1 heterocycles. The zero-order valence-corrected chi connectivity index (χ0v) is 10.8. The molecule has 0 aliphatic rings. The first-order valence-corrected chi connectivity index (χ1v) is 6.35. The summed E-state index contributed by atoms with van der Waals surface area (Å²) in [5, 5.41) is 1.17. The van der Waals surface area contributed by atoms with Crippen molar-refractivity contribution >= 4 is 16.9 Å². The maximum atomic E-state index is 11.1. The number of hydrogen-bond donors (Lipinski definition) is 2. The fourth-order valence-corrected chi connectivity index (χ4v) is 2.10. The van der Waals surface area contributed by atoms with Gasteiger partial charge in [0.05, 0.1) is 6.54 Å². The third kappa shape index (κ3) is 2.41. The number of aromatic nitrogens is 1. The summed E-state index contributed by atoms with van der Waals surface area (Å²) in [5.74, 6) is 0.0590. The fraction of sp³-hybridized carbons (Fsp3) is 0.0625. The Hall–Kier alpha value is -2.59. The minimum atomic E-state index is -0.441. The molecule has 0 spiro atoms. The van der Waals surface area contributed by atoms with Crippen molar-refractivity contribution in [2.45, 2.75) is 0 Å². The van der Waals surface area contributed by atoms with Crippen LogP contribution in [-0.2, 0) is 4.79 Å². The van der Waals surface area contributed by atoms with Crippen molar-refractivity contribution < 1.29 is 9.53 Å². The van der Waals surface area contributed by atoms with Crippen molar-refractivity contribution in [2.24, 2.45) is 5.73 Å². The van der Waals surface area contributed by atoms with E-state index in [1.807, 2.05) is 30.3 Å². The molecule has 0 unspecified atom stereocenters. The number of nitrogens with one attached hydrogen (secondary N) is 1. The van der Waals surface area contributed by atoms with Gasteiger partial charge in [0.25, 0.3) is 0 Å². The quantitative estimate of drug-likeness (QED) is 0.565. The Bertz CT molecular complexity index is 712. The Morgan fingerprint density at radius 1 is 1.10 bits per heavy atom. The van der Waals surface area contributed by atoms with Crippen LogP contribution in [0.25, 0.3) is 22.2 Å². The first kappa shape index (κ1) is 12.4. The van der Waals surface area contributed by atoms with E-state index in [1.54, 1.807) is 12.1 Å². The smallest absolute Gasteiger partial charge is 0.325 e. The third-order valence-corrected chi connectivity index (χ3v) is 3.09. The summed E-state index contributed by atoms with van der Waals surface area (Å²) < 4.78 is 5.04. The van der Waals surface area contributed by atoms with E-state index in [4.69, 9.17) is 10.5 Å². The molecule has 0 amide bonds. The summed E-state index contributed by atoms with van der Waals surface area (Å²) in [6.07, 6.45) is 0. The number of carbonyl (C=O) groups is 1. The highest BCUT2D eigenvalue weighted by Gasteiger charge is 2.05. The van der Waals surface area contributed by atoms with Crippen molar-refractivity contribution in [1.29, 1.82) is 0 Å². The number of para-hydroxylation sites is 1. The highest BCUT2D eigenvalue weighted by atomic mass is 16.5. The van der Waals surface area contributed by atoms with Crippen LogP contribution in [-0.4, -0.2) is 17.5 Å². The molecule has 4 nitrogen and oxygen atoms in total. The number of fused-ring (bicyclic) bond motifs is 1. The summed E-state index contributed by atoms with van der Waals surface area (Å²) in [4.78, 5) is 14.5. The lowest BCUT2D eigenvalue weighted by molar-refractivity contribution is -0.132. The van der Waals surface area contributed by atoms with Gasteiger partial charge in [0, 0.05) is 16.6 Å². The van der Waals surface area contributed by atoms with Crippen LogP contribution in [0, 0.1) is 0 Å². The monoisotopic (exact) mass is 266 g/mol. The Morgan fingerprint density at radius 3 is 2.55 bits per heavy atom. The van der Waals surface area contributed by atoms with E-state index in [2.05, 4.69) is 17.1 Å². The van der Waals surface area contributed by atoms with Gasteiger partial charge in [-0.1, -0.05) is 18.2 Å². The van der Waals surface area contributed by atoms with E-state index in [9.17, 15) is 4.79 Å². The van der Waals surface area contributed by atoms with Crippen LogP contribution in [0.15, 0.2) is 54.6 Å². The van der Waals surface area contributed by atoms with E-state index in [0.29, 0.717) is 5.75 Å². The average Bonchev–Trinajstić information content (AvgIpc) is 2.91. The third-order valence-electron chi connectivity index (χ3n) is 3.09. The summed E-state index contributed by atoms with van der Waals surface area (Å²) in [5.41, 5.74) is 8.37. The lowest BCUT2D eigenvalue weighted by atomic mass is 10.1. The number of carbonyl (C=O) groups excluding carboxylic acids is 1. The predicted octanol–water partition coefficient (Wildman–Crippen LogP) is 2.70. The normalized spacial score (nSPS) is 10.7. The van der Waals surface area contributed by atoms with Crippen LogP contribution < -0.4 is 10.5 Å². The van der Waals surface area contributed by atoms with Crippen LogP contribution in [0.2, 0.25) is 0 Å². The molecule has 0 bridgehead atoms. The highest BCUT2D eigenvalue weighted by Crippen LogP contribution is 2.25. The van der Waals surface area contributed by atoms with Crippen LogP contribution in [0.3, 0.4) is 0 Å². The first-order chi connectivity index (χ1) is 9.76. The van der Waals surface area contributed by atoms with E-state index >= 15 is 0 Å². The summed E-state index contributed by atoms with van der Waals surface area (Å²) in [7, 11) is 0. The topological polar surface area (TPSA) is 68.1 Å². The Balaban J connectivity index is 1.88. The molecule has 3 aromatic rings. The zero-order valence-electron chi connectivity index (χ0n) is 10.8. The van der Waals surface area contributed by atoms with Crippen molar-refractivity contribution in [3.05, 3.63) is 54.6 Å². The molecule has 0 aliphatic heterocycles. The molecule has 4 heteroatoms. The zero-order chi connectivity index (χ0) is 13.9. The minimum absolute atomic E-state index is 0.121. The second kappa shape index (κ2) is 5.19. The van der Waals surface area contributed by atoms with Gasteiger partial charge in [-0.25, -0.2) is 0 Å². The largest absolute Gasteiger partial charge is 0.426 e. The van der Waals surface area contributed by atoms with Crippen LogP contribution in [0.4, 0.5) is 0 Å². The Labute approximate surface area is 116 Å². The highest BCUT2D eigenvalue weighted by molar-refractivity contribution is 5.85. The fourth-order valence-electron chi connectivity index (χ4n) is 2.10. The number of hydrogen-bond acceptors (Lipinski definition) is 3. The minimum Gasteiger partial charge on any atom is -0.426 e. The van der Waals surface area contributed by atoms with Crippen LogP contribution in [0.1, 0.15) is 0 Å². The molecular formula is C16H14N2O2. The van der Waals surface area contributed by atoms with Gasteiger partial charge in [-0.15, -0.1) is 0 Å². The maximum absolute atomic E-state index is 11.1. The van der Waals surface area contributed by atoms with Gasteiger partial charge in [-0.2, -0.15) is 0 Å². The molecule has 100 valence electrons. The lowest BCUT2D eigenvalue weighted by Crippen LogP contribution is -2.19. The molecule has 0 saturated carbocycles. The van der Waals surface area contributed by atoms with Crippen LogP contribution >= 0.6 is 0 Å². The van der Waals surface area contributed by atoms with E-state index in [0.717, 1.165) is 16.8 Å². The number of benzene rings is 2. The molecule has 0 saturated heterocycles. The number of H-pyrrole nitrogens is 1. The maximum Gasteiger partial charge on any atom is 0.325 e. The van der Waals surface area contributed by atoms with Crippen molar-refractivity contribution in [1.82, 2.24) is 4.98 Å². The van der Waals surface area contributed by atoms with Crippen molar-refractivity contribution in [2.75, 3.05) is 6.54 Å². The molecule has 2 aromatic carbocycles. The van der Waals surface area contributed by atoms with E-state index in [-0.39, 0.29) is 6.54 Å².